The molecule has 0 unspecified atom stereocenters. The van der Waals surface area contributed by atoms with E-state index in [2.05, 4.69) is 0 Å². The summed E-state index contributed by atoms with van der Waals surface area (Å²) in [6.45, 7) is 0.701. The second-order valence-corrected chi connectivity index (χ2v) is 6.12. The van der Waals surface area contributed by atoms with Gasteiger partial charge in [-0.2, -0.15) is 0 Å². The molecule has 2 N–H and O–H groups in total. The van der Waals surface area contributed by atoms with E-state index in [-0.39, 0.29) is 5.91 Å². The van der Waals surface area contributed by atoms with Crippen LogP contribution in [0.5, 0.6) is 0 Å². The van der Waals surface area contributed by atoms with Gasteiger partial charge >= 0.3 is 0 Å². The van der Waals surface area contributed by atoms with E-state index >= 15 is 0 Å². The summed E-state index contributed by atoms with van der Waals surface area (Å²) in [6.07, 6.45) is 0.869. The molecule has 2 heterocycles. The SMILES string of the molecule is Nc1cccc2c1N(C(=O)c1csc3ccccc13)CC2. The molecule has 0 bridgehead atoms. The highest BCUT2D eigenvalue weighted by Gasteiger charge is 2.28. The maximum Gasteiger partial charge on any atom is 0.259 e. The lowest BCUT2D eigenvalue weighted by Gasteiger charge is -2.18. The van der Waals surface area contributed by atoms with E-state index in [0.29, 0.717) is 12.2 Å². The number of benzene rings is 2. The predicted octanol–water partition coefficient (Wildman–Crippen LogP) is 3.69. The molecule has 0 radical (unpaired) electrons. The predicted molar refractivity (Wildman–Crippen MR) is 88.1 cm³/mol. The number of para-hydroxylation sites is 1. The average Bonchev–Trinajstić information content (AvgIpc) is 3.11. The molecule has 0 aliphatic carbocycles. The van der Waals surface area contributed by atoms with Crippen LogP contribution in [0.25, 0.3) is 10.1 Å². The lowest BCUT2D eigenvalue weighted by molar-refractivity contribution is 0.0991. The second-order valence-electron chi connectivity index (χ2n) is 5.21. The van der Waals surface area contributed by atoms with Crippen molar-refractivity contribution in [3.05, 3.63) is 59.0 Å². The van der Waals surface area contributed by atoms with E-state index in [1.165, 1.54) is 0 Å². The molecule has 3 aromatic rings. The molecule has 1 aliphatic heterocycles. The maximum atomic E-state index is 12.9. The molecule has 1 amide bonds. The summed E-state index contributed by atoms with van der Waals surface area (Å²) in [5, 5.41) is 2.97. The number of amides is 1. The summed E-state index contributed by atoms with van der Waals surface area (Å²) in [5.41, 5.74) is 9.57. The first kappa shape index (κ1) is 12.4. The van der Waals surface area contributed by atoms with Crippen LogP contribution in [0.3, 0.4) is 0 Å². The third kappa shape index (κ3) is 1.83. The molecule has 0 saturated carbocycles. The van der Waals surface area contributed by atoms with E-state index in [4.69, 9.17) is 5.73 Å². The Labute approximate surface area is 126 Å². The monoisotopic (exact) mass is 294 g/mol. The highest BCUT2D eigenvalue weighted by Crippen LogP contribution is 2.36. The highest BCUT2D eigenvalue weighted by atomic mass is 32.1. The van der Waals surface area contributed by atoms with Gasteiger partial charge in [0.25, 0.3) is 5.91 Å². The molecule has 21 heavy (non-hydrogen) atoms. The first-order chi connectivity index (χ1) is 10.3. The zero-order valence-corrected chi connectivity index (χ0v) is 12.2. The van der Waals surface area contributed by atoms with E-state index < -0.39 is 0 Å². The molecule has 1 aromatic heterocycles. The largest absolute Gasteiger partial charge is 0.397 e. The number of hydrogen-bond donors (Lipinski definition) is 1. The minimum absolute atomic E-state index is 0.0455. The third-order valence-electron chi connectivity index (χ3n) is 3.98. The smallest absolute Gasteiger partial charge is 0.259 e. The fourth-order valence-corrected chi connectivity index (χ4v) is 3.91. The molecule has 4 rings (SSSR count). The van der Waals surface area contributed by atoms with Gasteiger partial charge < -0.3 is 10.6 Å². The molecule has 4 heteroatoms. The summed E-state index contributed by atoms with van der Waals surface area (Å²) in [6, 6.07) is 13.9. The number of nitrogens with zero attached hydrogens (tertiary/aromatic N) is 1. The van der Waals surface area contributed by atoms with Gasteiger partial charge in [-0.25, -0.2) is 0 Å². The third-order valence-corrected chi connectivity index (χ3v) is 4.95. The lowest BCUT2D eigenvalue weighted by Crippen LogP contribution is -2.29. The number of nitrogens with two attached hydrogens (primary N) is 1. The van der Waals surface area contributed by atoms with Gasteiger partial charge in [0.2, 0.25) is 0 Å². The van der Waals surface area contributed by atoms with Gasteiger partial charge in [-0.05, 0) is 24.1 Å². The molecular weight excluding hydrogens is 280 g/mol. The van der Waals surface area contributed by atoms with Crippen molar-refractivity contribution in [2.24, 2.45) is 0 Å². The van der Waals surface area contributed by atoms with Gasteiger partial charge in [-0.15, -0.1) is 11.3 Å². The fraction of sp³-hybridized carbons (Fsp3) is 0.118. The van der Waals surface area contributed by atoms with Gasteiger partial charge in [-0.3, -0.25) is 4.79 Å². The van der Waals surface area contributed by atoms with E-state index in [0.717, 1.165) is 33.3 Å². The van der Waals surface area contributed by atoms with Crippen molar-refractivity contribution in [2.45, 2.75) is 6.42 Å². The molecule has 0 fully saturated rings. The number of rotatable bonds is 1. The van der Waals surface area contributed by atoms with Crippen molar-refractivity contribution in [3.63, 3.8) is 0 Å². The van der Waals surface area contributed by atoms with Crippen molar-refractivity contribution in [3.8, 4) is 0 Å². The number of thiophene rings is 1. The van der Waals surface area contributed by atoms with Crippen LogP contribution < -0.4 is 10.6 Å². The minimum Gasteiger partial charge on any atom is -0.397 e. The van der Waals surface area contributed by atoms with Gasteiger partial charge in [-0.1, -0.05) is 30.3 Å². The Bertz CT molecular complexity index is 853. The highest BCUT2D eigenvalue weighted by molar-refractivity contribution is 7.17. The number of fused-ring (bicyclic) bond motifs is 2. The first-order valence-electron chi connectivity index (χ1n) is 6.91. The molecule has 104 valence electrons. The van der Waals surface area contributed by atoms with Crippen molar-refractivity contribution in [1.82, 2.24) is 0 Å². The van der Waals surface area contributed by atoms with Crippen LogP contribution in [-0.4, -0.2) is 12.5 Å². The average molecular weight is 294 g/mol. The molecule has 0 saturated heterocycles. The van der Waals surface area contributed by atoms with Gasteiger partial charge in [0, 0.05) is 22.0 Å². The van der Waals surface area contributed by atoms with Crippen LogP contribution in [0.2, 0.25) is 0 Å². The van der Waals surface area contributed by atoms with Crippen molar-refractivity contribution in [2.75, 3.05) is 17.2 Å². The van der Waals surface area contributed by atoms with Crippen LogP contribution >= 0.6 is 11.3 Å². The summed E-state index contributed by atoms with van der Waals surface area (Å²) >= 11 is 1.61. The summed E-state index contributed by atoms with van der Waals surface area (Å²) < 4.78 is 1.14. The number of carbonyl (C=O) groups is 1. The molecule has 2 aromatic carbocycles. The molecule has 0 atom stereocenters. The summed E-state index contributed by atoms with van der Waals surface area (Å²) in [7, 11) is 0. The second kappa shape index (κ2) is 4.60. The number of carbonyl (C=O) groups excluding carboxylic acids is 1. The first-order valence-corrected chi connectivity index (χ1v) is 7.79. The fourth-order valence-electron chi connectivity index (χ4n) is 2.98. The molecule has 3 nitrogen and oxygen atoms in total. The Morgan fingerprint density at radius 2 is 2.00 bits per heavy atom. The summed E-state index contributed by atoms with van der Waals surface area (Å²) in [4.78, 5) is 14.7. The Morgan fingerprint density at radius 3 is 2.90 bits per heavy atom. The number of nitrogen functional groups attached to an aromatic ring is 1. The van der Waals surface area contributed by atoms with Crippen LogP contribution in [0, 0.1) is 0 Å². The molecule has 1 aliphatic rings. The zero-order chi connectivity index (χ0) is 14.4. The van der Waals surface area contributed by atoms with E-state index in [1.54, 1.807) is 11.3 Å². The van der Waals surface area contributed by atoms with Crippen LogP contribution in [0.15, 0.2) is 47.8 Å². The maximum absolute atomic E-state index is 12.9. The van der Waals surface area contributed by atoms with E-state index in [1.807, 2.05) is 52.7 Å². The molecular formula is C17H14N2OS. The number of anilines is 2. The summed E-state index contributed by atoms with van der Waals surface area (Å²) in [5.74, 6) is 0.0455. The standard InChI is InChI=1S/C17H14N2OS/c18-14-6-3-4-11-8-9-19(16(11)14)17(20)13-10-21-15-7-2-1-5-12(13)15/h1-7,10H,8-9,18H2. The normalized spacial score (nSPS) is 13.6. The molecule has 0 spiro atoms. The Balaban J connectivity index is 1.81. The Kier molecular flexibility index (Phi) is 2.72. The lowest BCUT2D eigenvalue weighted by atomic mass is 10.1. The zero-order valence-electron chi connectivity index (χ0n) is 11.4. The van der Waals surface area contributed by atoms with Crippen LogP contribution in [-0.2, 0) is 6.42 Å². The minimum atomic E-state index is 0.0455. The topological polar surface area (TPSA) is 46.3 Å². The number of hydrogen-bond acceptors (Lipinski definition) is 3. The van der Waals surface area contributed by atoms with Gasteiger partial charge in [0.05, 0.1) is 16.9 Å². The Hall–Kier alpha value is -2.33. The van der Waals surface area contributed by atoms with Gasteiger partial charge in [0.1, 0.15) is 0 Å². The van der Waals surface area contributed by atoms with Gasteiger partial charge in [0.15, 0.2) is 0 Å². The Morgan fingerprint density at radius 1 is 1.14 bits per heavy atom. The van der Waals surface area contributed by atoms with Crippen molar-refractivity contribution >= 4 is 38.7 Å². The quantitative estimate of drug-likeness (QED) is 0.696. The van der Waals surface area contributed by atoms with Crippen molar-refractivity contribution in [1.29, 1.82) is 0 Å². The van der Waals surface area contributed by atoms with Crippen molar-refractivity contribution < 1.29 is 4.79 Å². The van der Waals surface area contributed by atoms with E-state index in [9.17, 15) is 4.79 Å². The van der Waals surface area contributed by atoms with Crippen LogP contribution in [0.1, 0.15) is 15.9 Å². The van der Waals surface area contributed by atoms with Crippen LogP contribution in [0.4, 0.5) is 11.4 Å².